The summed E-state index contributed by atoms with van der Waals surface area (Å²) in [7, 11) is 0. The first kappa shape index (κ1) is 33.9. The number of fused-ring (bicyclic) bond motifs is 12. The predicted octanol–water partition coefficient (Wildman–Crippen LogP) is 15.8. The third kappa shape index (κ3) is 4.77. The highest BCUT2D eigenvalue weighted by Crippen LogP contribution is 2.52. The Labute approximate surface area is 359 Å². The van der Waals surface area contributed by atoms with E-state index in [1.54, 1.807) is 0 Å². The van der Waals surface area contributed by atoms with E-state index in [0.29, 0.717) is 0 Å². The van der Waals surface area contributed by atoms with Gasteiger partial charge in [0.15, 0.2) is 5.58 Å². The molecule has 0 N–H and O–H groups in total. The van der Waals surface area contributed by atoms with E-state index in [9.17, 15) is 0 Å². The molecule has 62 heavy (non-hydrogen) atoms. The number of nitrogens with zero attached hydrogens (tertiary/aromatic N) is 3. The van der Waals surface area contributed by atoms with Crippen LogP contribution in [0.4, 0.5) is 0 Å². The SMILES string of the molecule is c1ccc(-c2nc(-n3c4ccccc4c4cc(-c5ccc6c(c5)Sc5cc7c(c8cccc-6c58)c5ccccc5n7-c5ccccc5)ccc43)cc3c2oc2ccccc23)cc1. The second-order valence-electron chi connectivity index (χ2n) is 16.3. The maximum absolute atomic E-state index is 6.51. The predicted molar refractivity (Wildman–Crippen MR) is 258 cm³/mol. The summed E-state index contributed by atoms with van der Waals surface area (Å²) in [5.41, 5.74) is 14.3. The zero-order valence-electron chi connectivity index (χ0n) is 33.2. The molecule has 1 aliphatic rings. The van der Waals surface area contributed by atoms with Crippen LogP contribution in [0.25, 0.3) is 121 Å². The van der Waals surface area contributed by atoms with Crippen LogP contribution in [0.3, 0.4) is 0 Å². The Balaban J connectivity index is 0.936. The third-order valence-electron chi connectivity index (χ3n) is 12.9. The molecule has 9 aromatic carbocycles. The molecule has 4 aromatic heterocycles. The van der Waals surface area contributed by atoms with Gasteiger partial charge in [-0.25, -0.2) is 4.98 Å². The van der Waals surface area contributed by atoms with Crippen molar-refractivity contribution in [1.29, 1.82) is 0 Å². The van der Waals surface area contributed by atoms with Gasteiger partial charge in [0.1, 0.15) is 17.1 Å². The van der Waals surface area contributed by atoms with Gasteiger partial charge in [-0.3, -0.25) is 4.57 Å². The Bertz CT molecular complexity index is 4010. The number of benzene rings is 9. The first-order valence-corrected chi connectivity index (χ1v) is 21.9. The second kappa shape index (κ2) is 12.8. The van der Waals surface area contributed by atoms with Gasteiger partial charge >= 0.3 is 0 Å². The summed E-state index contributed by atoms with van der Waals surface area (Å²) >= 11 is 1.89. The van der Waals surface area contributed by atoms with E-state index in [-0.39, 0.29) is 0 Å². The van der Waals surface area contributed by atoms with Crippen molar-refractivity contribution in [2.75, 3.05) is 0 Å². The maximum Gasteiger partial charge on any atom is 0.161 e. The van der Waals surface area contributed by atoms with E-state index in [0.717, 1.165) is 50.0 Å². The number of para-hydroxylation sites is 4. The van der Waals surface area contributed by atoms with Crippen LogP contribution in [0.1, 0.15) is 0 Å². The third-order valence-corrected chi connectivity index (χ3v) is 14.0. The van der Waals surface area contributed by atoms with Gasteiger partial charge in [-0.2, -0.15) is 0 Å². The van der Waals surface area contributed by atoms with Gasteiger partial charge in [-0.15, -0.1) is 0 Å². The van der Waals surface area contributed by atoms with Gasteiger partial charge in [0.25, 0.3) is 0 Å². The highest BCUT2D eigenvalue weighted by atomic mass is 32.2. The first-order valence-electron chi connectivity index (χ1n) is 21.0. The molecular formula is C57H33N3OS. The summed E-state index contributed by atoms with van der Waals surface area (Å²) in [5, 5.41) is 9.74. The molecule has 0 unspecified atom stereocenters. The molecule has 0 atom stereocenters. The molecule has 0 fully saturated rings. The van der Waals surface area contributed by atoms with Gasteiger partial charge in [0, 0.05) is 58.7 Å². The Morgan fingerprint density at radius 2 is 1.06 bits per heavy atom. The number of rotatable bonds is 4. The largest absolute Gasteiger partial charge is 0.454 e. The second-order valence-corrected chi connectivity index (χ2v) is 17.3. The first-order chi connectivity index (χ1) is 30.7. The van der Waals surface area contributed by atoms with Crippen molar-refractivity contribution < 1.29 is 4.42 Å². The standard InChI is InChI=1S/C57H33N3OS/c1-3-14-34(15-4-1)56-57-45(39-19-9-12-25-50(39)61-57)32-53(58-56)60-46-23-10-7-18-38(46)44-30-35(27-29-48(44)60)36-26-28-40-41-21-13-22-43-54-42-20-8-11-24-47(42)59(37-16-5-2-6-17-37)49(54)33-52(55(41)43)62-51(40)31-36/h1-33H. The molecule has 0 radical (unpaired) electrons. The van der Waals surface area contributed by atoms with E-state index in [4.69, 9.17) is 9.40 Å². The van der Waals surface area contributed by atoms with Gasteiger partial charge in [-0.05, 0) is 88.3 Å². The van der Waals surface area contributed by atoms with E-state index in [1.807, 2.05) is 30.0 Å². The van der Waals surface area contributed by atoms with Crippen molar-refractivity contribution in [3.63, 3.8) is 0 Å². The lowest BCUT2D eigenvalue weighted by Gasteiger charge is -2.22. The highest BCUT2D eigenvalue weighted by molar-refractivity contribution is 7.99. The highest BCUT2D eigenvalue weighted by Gasteiger charge is 2.25. The molecule has 1 aliphatic heterocycles. The molecule has 0 spiro atoms. The zero-order chi connectivity index (χ0) is 40.5. The van der Waals surface area contributed by atoms with Gasteiger partial charge < -0.3 is 8.98 Å². The zero-order valence-corrected chi connectivity index (χ0v) is 34.0. The monoisotopic (exact) mass is 807 g/mol. The number of aromatic nitrogens is 3. The van der Waals surface area contributed by atoms with E-state index < -0.39 is 0 Å². The molecule has 4 nitrogen and oxygen atoms in total. The fraction of sp³-hybridized carbons (Fsp3) is 0. The molecule has 0 bridgehead atoms. The molecule has 0 amide bonds. The van der Waals surface area contributed by atoms with Crippen molar-refractivity contribution in [3.05, 3.63) is 200 Å². The molecule has 5 heterocycles. The van der Waals surface area contributed by atoms with Gasteiger partial charge in [0.2, 0.25) is 0 Å². The van der Waals surface area contributed by atoms with E-state index >= 15 is 0 Å². The van der Waals surface area contributed by atoms with Crippen LogP contribution in [0, 0.1) is 0 Å². The van der Waals surface area contributed by atoms with Crippen molar-refractivity contribution in [1.82, 2.24) is 14.1 Å². The van der Waals surface area contributed by atoms with E-state index in [2.05, 4.69) is 191 Å². The van der Waals surface area contributed by atoms with Crippen LogP contribution in [-0.2, 0) is 0 Å². The number of furan rings is 1. The Morgan fingerprint density at radius 1 is 0.387 bits per heavy atom. The van der Waals surface area contributed by atoms with Crippen LogP contribution in [0.15, 0.2) is 214 Å². The number of pyridine rings is 1. The number of hydrogen-bond acceptors (Lipinski definition) is 3. The molecule has 13 aromatic rings. The normalized spacial score (nSPS) is 12.5. The minimum atomic E-state index is 0.802. The average molecular weight is 808 g/mol. The number of hydrogen-bond donors (Lipinski definition) is 0. The molecule has 5 heteroatoms. The molecule has 14 rings (SSSR count). The van der Waals surface area contributed by atoms with Crippen molar-refractivity contribution in [2.45, 2.75) is 9.79 Å². The summed E-state index contributed by atoms with van der Waals surface area (Å²) in [5.74, 6) is 0.861. The summed E-state index contributed by atoms with van der Waals surface area (Å²) in [6.07, 6.45) is 0. The van der Waals surface area contributed by atoms with Crippen LogP contribution in [0.5, 0.6) is 0 Å². The van der Waals surface area contributed by atoms with Gasteiger partial charge in [0.05, 0.1) is 22.1 Å². The summed E-state index contributed by atoms with van der Waals surface area (Å²) in [6, 6.07) is 72.3. The lowest BCUT2D eigenvalue weighted by atomic mass is 9.93. The Hall–Kier alpha value is -7.86. The fourth-order valence-electron chi connectivity index (χ4n) is 10.2. The Kier molecular flexibility index (Phi) is 7.01. The summed E-state index contributed by atoms with van der Waals surface area (Å²) in [4.78, 5) is 7.95. The topological polar surface area (TPSA) is 35.9 Å². The molecule has 0 saturated heterocycles. The fourth-order valence-corrected chi connectivity index (χ4v) is 11.4. The average Bonchev–Trinajstić information content (AvgIpc) is 3.99. The van der Waals surface area contributed by atoms with Crippen LogP contribution >= 0.6 is 11.8 Å². The summed E-state index contributed by atoms with van der Waals surface area (Å²) < 4.78 is 11.3. The Morgan fingerprint density at radius 3 is 1.92 bits per heavy atom. The molecule has 288 valence electrons. The van der Waals surface area contributed by atoms with Crippen LogP contribution in [0.2, 0.25) is 0 Å². The lowest BCUT2D eigenvalue weighted by molar-refractivity contribution is 0.668. The van der Waals surface area contributed by atoms with Crippen LogP contribution in [-0.4, -0.2) is 14.1 Å². The quantitative estimate of drug-likeness (QED) is 0.178. The van der Waals surface area contributed by atoms with Gasteiger partial charge in [-0.1, -0.05) is 151 Å². The maximum atomic E-state index is 6.51. The van der Waals surface area contributed by atoms with Crippen LogP contribution < -0.4 is 0 Å². The lowest BCUT2D eigenvalue weighted by Crippen LogP contribution is -1.99. The molecule has 0 aliphatic carbocycles. The van der Waals surface area contributed by atoms with E-state index in [1.165, 1.54) is 81.1 Å². The molecule has 0 saturated carbocycles. The minimum absolute atomic E-state index is 0.802. The smallest absolute Gasteiger partial charge is 0.161 e. The molecular weight excluding hydrogens is 775 g/mol. The van der Waals surface area contributed by atoms with Crippen molar-refractivity contribution >= 4 is 88.1 Å². The van der Waals surface area contributed by atoms with Crippen molar-refractivity contribution in [3.8, 4) is 45.0 Å². The van der Waals surface area contributed by atoms with Crippen molar-refractivity contribution in [2.24, 2.45) is 0 Å². The summed E-state index contributed by atoms with van der Waals surface area (Å²) in [6.45, 7) is 0. The minimum Gasteiger partial charge on any atom is -0.454 e.